The van der Waals surface area contributed by atoms with Gasteiger partial charge in [0.05, 0.1) is 11.1 Å². The number of ketones is 1. The van der Waals surface area contributed by atoms with Crippen LogP contribution in [0.5, 0.6) is 5.75 Å². The lowest BCUT2D eigenvalue weighted by Crippen LogP contribution is -2.07. The molecule has 0 unspecified atom stereocenters. The number of carbonyl (C=O) groups is 1. The molecule has 0 aliphatic rings. The van der Waals surface area contributed by atoms with Gasteiger partial charge in [0.1, 0.15) is 5.75 Å². The highest BCUT2D eigenvalue weighted by Crippen LogP contribution is 2.34. The molecular weight excluding hydrogens is 319 g/mol. The Kier molecular flexibility index (Phi) is 3.63. The zero-order valence-corrected chi connectivity index (χ0v) is 13.0. The summed E-state index contributed by atoms with van der Waals surface area (Å²) in [5.74, 6) is -0.222. The van der Waals surface area contributed by atoms with Gasteiger partial charge in [-0.05, 0) is 50.2 Å². The molecule has 24 heavy (non-hydrogen) atoms. The average Bonchev–Trinajstić information content (AvgIpc) is 2.77. The van der Waals surface area contributed by atoms with Crippen LogP contribution in [-0.2, 0) is 6.18 Å². The Bertz CT molecular complexity index is 955. The van der Waals surface area contributed by atoms with Crippen molar-refractivity contribution >= 4 is 16.7 Å². The molecule has 3 nitrogen and oxygen atoms in total. The van der Waals surface area contributed by atoms with Gasteiger partial charge in [-0.25, -0.2) is 0 Å². The molecule has 0 atom stereocenters. The average molecular weight is 333 g/mol. The highest BCUT2D eigenvalue weighted by molar-refractivity contribution is 6.09. The SMILES string of the molecule is CC(=O)c1c(C)n(-c2cccc(C(F)(F)F)c2)c2ccc(O)cc12. The Morgan fingerprint density at radius 3 is 2.46 bits per heavy atom. The Balaban J connectivity index is 2.35. The molecule has 124 valence electrons. The normalized spacial score (nSPS) is 11.9. The maximum Gasteiger partial charge on any atom is 0.416 e. The van der Waals surface area contributed by atoms with Crippen LogP contribution < -0.4 is 0 Å². The van der Waals surface area contributed by atoms with Gasteiger partial charge < -0.3 is 9.67 Å². The molecule has 0 amide bonds. The minimum absolute atomic E-state index is 0.00816. The predicted molar refractivity (Wildman–Crippen MR) is 84.7 cm³/mol. The van der Waals surface area contributed by atoms with E-state index in [1.165, 1.54) is 25.1 Å². The smallest absolute Gasteiger partial charge is 0.416 e. The fourth-order valence-electron chi connectivity index (χ4n) is 3.01. The van der Waals surface area contributed by atoms with Crippen LogP contribution in [0, 0.1) is 6.92 Å². The van der Waals surface area contributed by atoms with Crippen molar-refractivity contribution in [2.45, 2.75) is 20.0 Å². The molecule has 0 aliphatic heterocycles. The standard InChI is InChI=1S/C18H14F3NO2/c1-10-17(11(2)23)15-9-14(24)6-7-16(15)22(10)13-5-3-4-12(8-13)18(19,20)21/h3-9,24H,1-2H3. The van der Waals surface area contributed by atoms with Crippen LogP contribution in [-0.4, -0.2) is 15.5 Å². The Morgan fingerprint density at radius 2 is 1.83 bits per heavy atom. The largest absolute Gasteiger partial charge is 0.508 e. The third kappa shape index (κ3) is 2.54. The lowest BCUT2D eigenvalue weighted by atomic mass is 10.1. The summed E-state index contributed by atoms with van der Waals surface area (Å²) in [7, 11) is 0. The summed E-state index contributed by atoms with van der Waals surface area (Å²) in [4.78, 5) is 12.0. The van der Waals surface area contributed by atoms with Crippen LogP contribution in [0.3, 0.4) is 0 Å². The molecule has 3 aromatic rings. The summed E-state index contributed by atoms with van der Waals surface area (Å²) in [6.45, 7) is 3.07. The monoisotopic (exact) mass is 333 g/mol. The molecule has 0 bridgehead atoms. The molecule has 0 fully saturated rings. The fourth-order valence-corrected chi connectivity index (χ4v) is 3.01. The van der Waals surface area contributed by atoms with Gasteiger partial charge in [0, 0.05) is 22.3 Å². The van der Waals surface area contributed by atoms with Gasteiger partial charge in [-0.1, -0.05) is 6.07 Å². The number of aromatic hydroxyl groups is 1. The van der Waals surface area contributed by atoms with E-state index < -0.39 is 11.7 Å². The summed E-state index contributed by atoms with van der Waals surface area (Å²) in [5.41, 5.74) is 1.03. The number of halogens is 3. The summed E-state index contributed by atoms with van der Waals surface area (Å²) in [6.07, 6.45) is -4.45. The first kappa shape index (κ1) is 16.1. The van der Waals surface area contributed by atoms with Crippen molar-refractivity contribution in [3.63, 3.8) is 0 Å². The second-order valence-electron chi connectivity index (χ2n) is 5.60. The minimum Gasteiger partial charge on any atom is -0.508 e. The number of Topliss-reactive ketones (excluding diaryl/α,β-unsaturated/α-hetero) is 1. The van der Waals surface area contributed by atoms with Gasteiger partial charge in [-0.15, -0.1) is 0 Å². The van der Waals surface area contributed by atoms with Crippen molar-refractivity contribution in [1.29, 1.82) is 0 Å². The zero-order valence-electron chi connectivity index (χ0n) is 13.0. The van der Waals surface area contributed by atoms with Crippen molar-refractivity contribution in [2.24, 2.45) is 0 Å². The van der Waals surface area contributed by atoms with Gasteiger partial charge in [0.15, 0.2) is 5.78 Å². The van der Waals surface area contributed by atoms with E-state index in [0.717, 1.165) is 12.1 Å². The highest BCUT2D eigenvalue weighted by atomic mass is 19.4. The lowest BCUT2D eigenvalue weighted by Gasteiger charge is -2.12. The molecule has 0 spiro atoms. The summed E-state index contributed by atoms with van der Waals surface area (Å²) >= 11 is 0. The van der Waals surface area contributed by atoms with Crippen LogP contribution in [0.4, 0.5) is 13.2 Å². The van der Waals surface area contributed by atoms with Crippen molar-refractivity contribution < 1.29 is 23.1 Å². The van der Waals surface area contributed by atoms with Crippen molar-refractivity contribution in [3.05, 3.63) is 59.3 Å². The number of benzene rings is 2. The topological polar surface area (TPSA) is 42.2 Å². The number of hydrogen-bond donors (Lipinski definition) is 1. The predicted octanol–water partition coefficient (Wildman–Crippen LogP) is 4.87. The molecule has 6 heteroatoms. The van der Waals surface area contributed by atoms with Gasteiger partial charge in [-0.3, -0.25) is 4.79 Å². The maximum absolute atomic E-state index is 13.0. The van der Waals surface area contributed by atoms with Crippen LogP contribution in [0.1, 0.15) is 28.5 Å². The zero-order chi connectivity index (χ0) is 17.6. The third-order valence-electron chi connectivity index (χ3n) is 3.97. The lowest BCUT2D eigenvalue weighted by molar-refractivity contribution is -0.137. The number of phenolic OH excluding ortho intramolecular Hbond substituents is 1. The van der Waals surface area contributed by atoms with Gasteiger partial charge >= 0.3 is 6.18 Å². The van der Waals surface area contributed by atoms with Crippen molar-refractivity contribution in [1.82, 2.24) is 4.57 Å². The first-order chi connectivity index (χ1) is 11.2. The Hall–Kier alpha value is -2.76. The van der Waals surface area contributed by atoms with E-state index in [0.29, 0.717) is 27.8 Å². The number of rotatable bonds is 2. The number of fused-ring (bicyclic) bond motifs is 1. The first-order valence-electron chi connectivity index (χ1n) is 7.22. The molecule has 1 heterocycles. The molecule has 0 saturated heterocycles. The van der Waals surface area contributed by atoms with Crippen molar-refractivity contribution in [3.8, 4) is 11.4 Å². The molecule has 1 aromatic heterocycles. The Morgan fingerprint density at radius 1 is 1.12 bits per heavy atom. The van der Waals surface area contributed by atoms with Crippen LogP contribution >= 0.6 is 0 Å². The summed E-state index contributed by atoms with van der Waals surface area (Å²) < 4.78 is 40.6. The number of aromatic nitrogens is 1. The number of nitrogens with zero attached hydrogens (tertiary/aromatic N) is 1. The van der Waals surface area contributed by atoms with E-state index >= 15 is 0 Å². The minimum atomic E-state index is -4.45. The quantitative estimate of drug-likeness (QED) is 0.680. The molecule has 2 aromatic carbocycles. The number of hydrogen-bond acceptors (Lipinski definition) is 2. The van der Waals surface area contributed by atoms with E-state index in [-0.39, 0.29) is 11.5 Å². The summed E-state index contributed by atoms with van der Waals surface area (Å²) in [6, 6.07) is 9.41. The molecule has 3 rings (SSSR count). The molecule has 0 aliphatic carbocycles. The second kappa shape index (κ2) is 5.40. The maximum atomic E-state index is 13.0. The highest BCUT2D eigenvalue weighted by Gasteiger charge is 2.31. The van der Waals surface area contributed by atoms with Gasteiger partial charge in [0.25, 0.3) is 0 Å². The van der Waals surface area contributed by atoms with Gasteiger partial charge in [0.2, 0.25) is 0 Å². The second-order valence-corrected chi connectivity index (χ2v) is 5.60. The number of carbonyl (C=O) groups excluding carboxylic acids is 1. The van der Waals surface area contributed by atoms with Crippen molar-refractivity contribution in [2.75, 3.05) is 0 Å². The molecule has 0 radical (unpaired) electrons. The van der Waals surface area contributed by atoms with E-state index in [1.54, 1.807) is 23.6 Å². The Labute approximate surface area is 136 Å². The molecular formula is C18H14F3NO2. The van der Waals surface area contributed by atoms with Crippen LogP contribution in [0.15, 0.2) is 42.5 Å². The van der Waals surface area contributed by atoms with Crippen LogP contribution in [0.2, 0.25) is 0 Å². The van der Waals surface area contributed by atoms with E-state index in [2.05, 4.69) is 0 Å². The van der Waals surface area contributed by atoms with Gasteiger partial charge in [-0.2, -0.15) is 13.2 Å². The van der Waals surface area contributed by atoms with Crippen LogP contribution in [0.25, 0.3) is 16.6 Å². The van der Waals surface area contributed by atoms with E-state index in [9.17, 15) is 23.1 Å². The fraction of sp³-hybridized carbons (Fsp3) is 0.167. The third-order valence-corrected chi connectivity index (χ3v) is 3.97. The molecule has 0 saturated carbocycles. The van der Waals surface area contributed by atoms with E-state index in [4.69, 9.17) is 0 Å². The first-order valence-corrected chi connectivity index (χ1v) is 7.22. The van der Waals surface area contributed by atoms with E-state index in [1.807, 2.05) is 0 Å². The number of phenols is 1. The summed E-state index contributed by atoms with van der Waals surface area (Å²) in [5, 5.41) is 10.2. The molecule has 1 N–H and O–H groups in total. The number of alkyl halides is 3.